The van der Waals surface area contributed by atoms with E-state index in [1.807, 2.05) is 49.3 Å². The third-order valence-electron chi connectivity index (χ3n) is 5.26. The number of likely N-dealkylation sites (tertiary alicyclic amines) is 1. The molecule has 0 aromatic heterocycles. The van der Waals surface area contributed by atoms with Crippen LogP contribution in [0.3, 0.4) is 0 Å². The van der Waals surface area contributed by atoms with Gasteiger partial charge in [-0.3, -0.25) is 14.4 Å². The van der Waals surface area contributed by atoms with Crippen molar-refractivity contribution in [2.24, 2.45) is 0 Å². The first-order valence-corrected chi connectivity index (χ1v) is 10.1. The first kappa shape index (κ1) is 21.4. The number of anilines is 1. The van der Waals surface area contributed by atoms with E-state index in [1.54, 1.807) is 29.2 Å². The van der Waals surface area contributed by atoms with E-state index in [-0.39, 0.29) is 30.3 Å². The summed E-state index contributed by atoms with van der Waals surface area (Å²) in [5, 5.41) is 5.72. The van der Waals surface area contributed by atoms with Crippen LogP contribution in [0.25, 0.3) is 0 Å². The molecule has 2 aromatic rings. The Morgan fingerprint density at radius 2 is 1.50 bits per heavy atom. The Morgan fingerprint density at radius 3 is 2.10 bits per heavy atom. The van der Waals surface area contributed by atoms with Crippen molar-refractivity contribution in [3.63, 3.8) is 0 Å². The molecule has 0 atom stereocenters. The van der Waals surface area contributed by atoms with E-state index < -0.39 is 0 Å². The van der Waals surface area contributed by atoms with Crippen molar-refractivity contribution >= 4 is 23.4 Å². The molecule has 0 aliphatic carbocycles. The number of nitrogens with zero attached hydrogens (tertiary/aromatic N) is 2. The molecule has 1 aliphatic heterocycles. The molecule has 0 radical (unpaired) electrons. The number of carbonyl (C=O) groups excluding carboxylic acids is 3. The molecule has 30 heavy (non-hydrogen) atoms. The molecule has 2 aromatic carbocycles. The van der Waals surface area contributed by atoms with Gasteiger partial charge in [0.05, 0.1) is 6.54 Å². The predicted molar refractivity (Wildman–Crippen MR) is 117 cm³/mol. The van der Waals surface area contributed by atoms with Crippen LogP contribution in [0.15, 0.2) is 54.6 Å². The van der Waals surface area contributed by atoms with Gasteiger partial charge < -0.3 is 20.4 Å². The van der Waals surface area contributed by atoms with Crippen molar-refractivity contribution < 1.29 is 14.4 Å². The summed E-state index contributed by atoms with van der Waals surface area (Å²) >= 11 is 0. The molecule has 158 valence electrons. The Hall–Kier alpha value is -3.35. The molecule has 1 saturated heterocycles. The predicted octanol–water partition coefficient (Wildman–Crippen LogP) is 1.90. The van der Waals surface area contributed by atoms with Crippen LogP contribution >= 0.6 is 0 Å². The molecule has 7 nitrogen and oxygen atoms in total. The molecule has 1 aliphatic rings. The average Bonchev–Trinajstić information content (AvgIpc) is 2.78. The van der Waals surface area contributed by atoms with Gasteiger partial charge in [-0.15, -0.1) is 0 Å². The topological polar surface area (TPSA) is 81.8 Å². The van der Waals surface area contributed by atoms with Gasteiger partial charge in [-0.1, -0.05) is 18.2 Å². The molecule has 7 heteroatoms. The standard InChI is InChI=1S/C23H28N4O3/c1-26(2)20-10-8-18(9-11-20)23(30)25-19-12-14-27(15-13-19)21(28)16-24-22(29)17-6-4-3-5-7-17/h3-11,19H,12-16H2,1-2H3,(H,24,29)(H,25,30). The van der Waals surface area contributed by atoms with Crippen LogP contribution in [0, 0.1) is 0 Å². The zero-order valence-electron chi connectivity index (χ0n) is 17.4. The summed E-state index contributed by atoms with van der Waals surface area (Å²) < 4.78 is 0. The average molecular weight is 409 g/mol. The van der Waals surface area contributed by atoms with Gasteiger partial charge in [0.2, 0.25) is 5.91 Å². The van der Waals surface area contributed by atoms with Crippen molar-refractivity contribution in [3.8, 4) is 0 Å². The third kappa shape index (κ3) is 5.59. The van der Waals surface area contributed by atoms with Crippen molar-refractivity contribution in [3.05, 3.63) is 65.7 Å². The van der Waals surface area contributed by atoms with Gasteiger partial charge in [-0.2, -0.15) is 0 Å². The smallest absolute Gasteiger partial charge is 0.251 e. The Morgan fingerprint density at radius 1 is 0.900 bits per heavy atom. The second kappa shape index (κ2) is 9.91. The highest BCUT2D eigenvalue weighted by molar-refractivity contribution is 5.96. The van der Waals surface area contributed by atoms with Crippen LogP contribution in [0.4, 0.5) is 5.69 Å². The maximum Gasteiger partial charge on any atom is 0.251 e. The van der Waals surface area contributed by atoms with Gasteiger partial charge in [0.15, 0.2) is 0 Å². The molecule has 3 amide bonds. The van der Waals surface area contributed by atoms with Gasteiger partial charge in [0, 0.05) is 50.0 Å². The summed E-state index contributed by atoms with van der Waals surface area (Å²) in [5.74, 6) is -0.463. The van der Waals surface area contributed by atoms with E-state index >= 15 is 0 Å². The van der Waals surface area contributed by atoms with Gasteiger partial charge in [0.25, 0.3) is 11.8 Å². The summed E-state index contributed by atoms with van der Waals surface area (Å²) in [5.41, 5.74) is 2.20. The van der Waals surface area contributed by atoms with E-state index in [0.29, 0.717) is 37.1 Å². The first-order valence-electron chi connectivity index (χ1n) is 10.1. The van der Waals surface area contributed by atoms with E-state index in [4.69, 9.17) is 0 Å². The Balaban J connectivity index is 1.42. The number of nitrogens with one attached hydrogen (secondary N) is 2. The van der Waals surface area contributed by atoms with E-state index in [9.17, 15) is 14.4 Å². The van der Waals surface area contributed by atoms with Crippen LogP contribution in [0.1, 0.15) is 33.6 Å². The maximum atomic E-state index is 12.5. The molecule has 0 spiro atoms. The SMILES string of the molecule is CN(C)c1ccc(C(=O)NC2CCN(C(=O)CNC(=O)c3ccccc3)CC2)cc1. The largest absolute Gasteiger partial charge is 0.378 e. The molecule has 1 fully saturated rings. The van der Waals surface area contributed by atoms with E-state index in [2.05, 4.69) is 10.6 Å². The lowest BCUT2D eigenvalue weighted by molar-refractivity contribution is -0.131. The monoisotopic (exact) mass is 408 g/mol. The summed E-state index contributed by atoms with van der Waals surface area (Å²) in [7, 11) is 3.91. The molecule has 1 heterocycles. The minimum absolute atomic E-state index is 0.0248. The highest BCUT2D eigenvalue weighted by Crippen LogP contribution is 2.14. The Labute approximate surface area is 177 Å². The number of benzene rings is 2. The molecule has 0 saturated carbocycles. The fraction of sp³-hybridized carbons (Fsp3) is 0.348. The fourth-order valence-corrected chi connectivity index (χ4v) is 3.41. The van der Waals surface area contributed by atoms with Crippen molar-refractivity contribution in [1.29, 1.82) is 0 Å². The Bertz CT molecular complexity index is 873. The van der Waals surface area contributed by atoms with Crippen LogP contribution in [-0.4, -0.2) is 62.4 Å². The molecular weight excluding hydrogens is 380 g/mol. The first-order chi connectivity index (χ1) is 14.4. The van der Waals surface area contributed by atoms with Crippen LogP contribution < -0.4 is 15.5 Å². The second-order valence-corrected chi connectivity index (χ2v) is 7.62. The normalized spacial score (nSPS) is 14.1. The van der Waals surface area contributed by atoms with Crippen molar-refractivity contribution in [1.82, 2.24) is 15.5 Å². The number of amides is 3. The lowest BCUT2D eigenvalue weighted by Gasteiger charge is -2.32. The van der Waals surface area contributed by atoms with Crippen LogP contribution in [-0.2, 0) is 4.79 Å². The fourth-order valence-electron chi connectivity index (χ4n) is 3.41. The van der Waals surface area contributed by atoms with E-state index in [1.165, 1.54) is 0 Å². The highest BCUT2D eigenvalue weighted by Gasteiger charge is 2.24. The zero-order chi connectivity index (χ0) is 21.5. The molecule has 2 N–H and O–H groups in total. The third-order valence-corrected chi connectivity index (χ3v) is 5.26. The number of rotatable bonds is 6. The minimum Gasteiger partial charge on any atom is -0.378 e. The summed E-state index contributed by atoms with van der Waals surface area (Å²) in [6.07, 6.45) is 1.39. The van der Waals surface area contributed by atoms with Gasteiger partial charge in [-0.05, 0) is 49.2 Å². The number of carbonyl (C=O) groups is 3. The molecule has 0 bridgehead atoms. The molecule has 3 rings (SSSR count). The van der Waals surface area contributed by atoms with Crippen LogP contribution in [0.5, 0.6) is 0 Å². The lowest BCUT2D eigenvalue weighted by Crippen LogP contribution is -2.49. The molecule has 0 unspecified atom stereocenters. The quantitative estimate of drug-likeness (QED) is 0.765. The summed E-state index contributed by atoms with van der Waals surface area (Å²) in [4.78, 5) is 40.6. The Kier molecular flexibility index (Phi) is 7.06. The summed E-state index contributed by atoms with van der Waals surface area (Å²) in [6.45, 7) is 1.10. The minimum atomic E-state index is -0.258. The number of piperidine rings is 1. The number of hydrogen-bond acceptors (Lipinski definition) is 4. The van der Waals surface area contributed by atoms with Gasteiger partial charge in [0.1, 0.15) is 0 Å². The second-order valence-electron chi connectivity index (χ2n) is 7.62. The van der Waals surface area contributed by atoms with Gasteiger partial charge >= 0.3 is 0 Å². The maximum absolute atomic E-state index is 12.5. The summed E-state index contributed by atoms with van der Waals surface area (Å²) in [6, 6.07) is 16.3. The molecular formula is C23H28N4O3. The number of hydrogen-bond donors (Lipinski definition) is 2. The van der Waals surface area contributed by atoms with Gasteiger partial charge in [-0.25, -0.2) is 0 Å². The van der Waals surface area contributed by atoms with E-state index in [0.717, 1.165) is 5.69 Å². The van der Waals surface area contributed by atoms with Crippen LogP contribution in [0.2, 0.25) is 0 Å². The zero-order valence-corrected chi connectivity index (χ0v) is 17.4. The lowest BCUT2D eigenvalue weighted by atomic mass is 10.0. The van der Waals surface area contributed by atoms with Crippen molar-refractivity contribution in [2.75, 3.05) is 38.6 Å². The van der Waals surface area contributed by atoms with Crippen molar-refractivity contribution in [2.45, 2.75) is 18.9 Å². The highest BCUT2D eigenvalue weighted by atomic mass is 16.2.